The molecular formula is C27H30N4O3. The van der Waals surface area contributed by atoms with Gasteiger partial charge in [0, 0.05) is 34.0 Å². The van der Waals surface area contributed by atoms with Gasteiger partial charge in [-0.25, -0.2) is 0 Å². The van der Waals surface area contributed by atoms with E-state index in [0.29, 0.717) is 6.42 Å². The Balaban J connectivity index is 1.76. The zero-order chi connectivity index (χ0) is 24.7. The second-order valence-corrected chi connectivity index (χ2v) is 8.43. The predicted molar refractivity (Wildman–Crippen MR) is 134 cm³/mol. The van der Waals surface area contributed by atoms with Gasteiger partial charge < -0.3 is 15.5 Å². The molecule has 3 amide bonds. The fourth-order valence-electron chi connectivity index (χ4n) is 3.69. The Morgan fingerprint density at radius 3 is 2.18 bits per heavy atom. The van der Waals surface area contributed by atoms with Gasteiger partial charge in [0.2, 0.25) is 5.91 Å². The first-order chi connectivity index (χ1) is 16.3. The van der Waals surface area contributed by atoms with E-state index in [1.54, 1.807) is 7.05 Å². The number of rotatable bonds is 7. The molecule has 0 bridgehead atoms. The fourth-order valence-corrected chi connectivity index (χ4v) is 3.69. The van der Waals surface area contributed by atoms with E-state index in [-0.39, 0.29) is 18.7 Å². The lowest BCUT2D eigenvalue weighted by Gasteiger charge is -2.26. The van der Waals surface area contributed by atoms with Crippen LogP contribution in [0.3, 0.4) is 0 Å². The first-order valence-corrected chi connectivity index (χ1v) is 11.1. The number of amides is 3. The van der Waals surface area contributed by atoms with E-state index in [1.165, 1.54) is 23.9 Å². The molecule has 3 aromatic carbocycles. The third-order valence-electron chi connectivity index (χ3n) is 5.72. The summed E-state index contributed by atoms with van der Waals surface area (Å²) in [5.41, 5.74) is 7.67. The Kier molecular flexibility index (Phi) is 8.14. The highest BCUT2D eigenvalue weighted by molar-refractivity contribution is 6.38. The van der Waals surface area contributed by atoms with Crippen LogP contribution in [0.15, 0.2) is 77.8 Å². The summed E-state index contributed by atoms with van der Waals surface area (Å²) in [6.45, 7) is 0. The molecule has 3 aromatic rings. The third-order valence-corrected chi connectivity index (χ3v) is 5.72. The molecule has 0 saturated carbocycles. The summed E-state index contributed by atoms with van der Waals surface area (Å²) >= 11 is 0. The maximum atomic E-state index is 13.1. The van der Waals surface area contributed by atoms with Crippen LogP contribution in [-0.2, 0) is 27.2 Å². The maximum absolute atomic E-state index is 13.1. The lowest BCUT2D eigenvalue weighted by atomic mass is 10.0. The summed E-state index contributed by atoms with van der Waals surface area (Å²) in [5.74, 6) is -1.77. The molecule has 176 valence electrons. The van der Waals surface area contributed by atoms with Crippen molar-refractivity contribution in [3.05, 3.63) is 83.9 Å². The Morgan fingerprint density at radius 2 is 1.50 bits per heavy atom. The lowest BCUT2D eigenvalue weighted by Crippen LogP contribution is -2.45. The van der Waals surface area contributed by atoms with Crippen LogP contribution in [-0.4, -0.2) is 60.5 Å². The van der Waals surface area contributed by atoms with Gasteiger partial charge >= 0.3 is 0 Å². The topological polar surface area (TPSA) is 96.1 Å². The number of benzene rings is 3. The number of hydrogen-bond donors (Lipinski definition) is 1. The van der Waals surface area contributed by atoms with E-state index in [0.717, 1.165) is 21.9 Å². The highest BCUT2D eigenvalue weighted by atomic mass is 16.2. The van der Waals surface area contributed by atoms with Gasteiger partial charge in [0.15, 0.2) is 5.84 Å². The summed E-state index contributed by atoms with van der Waals surface area (Å²) < 4.78 is 0. The Morgan fingerprint density at radius 1 is 0.853 bits per heavy atom. The molecule has 2 N–H and O–H groups in total. The second-order valence-electron chi connectivity index (χ2n) is 8.43. The number of amidine groups is 1. The van der Waals surface area contributed by atoms with Crippen LogP contribution in [0, 0.1) is 0 Å². The third kappa shape index (κ3) is 6.28. The first kappa shape index (κ1) is 24.6. The van der Waals surface area contributed by atoms with Gasteiger partial charge in [-0.15, -0.1) is 0 Å². The Bertz CT molecular complexity index is 1200. The molecule has 1 unspecified atom stereocenters. The molecule has 7 nitrogen and oxygen atoms in total. The molecule has 3 rings (SSSR count). The van der Waals surface area contributed by atoms with Crippen molar-refractivity contribution in [2.75, 3.05) is 21.1 Å². The zero-order valence-electron chi connectivity index (χ0n) is 19.8. The molecule has 0 radical (unpaired) electrons. The van der Waals surface area contributed by atoms with Gasteiger partial charge in [-0.05, 0) is 28.3 Å². The molecule has 0 aliphatic carbocycles. The lowest BCUT2D eigenvalue weighted by molar-refractivity contribution is -0.137. The van der Waals surface area contributed by atoms with Crippen molar-refractivity contribution in [2.24, 2.45) is 10.7 Å². The highest BCUT2D eigenvalue weighted by Gasteiger charge is 2.28. The molecule has 0 saturated heterocycles. The predicted octanol–water partition coefficient (Wildman–Crippen LogP) is 2.81. The van der Waals surface area contributed by atoms with Crippen molar-refractivity contribution in [3.8, 4) is 0 Å². The Hall–Kier alpha value is -4.00. The van der Waals surface area contributed by atoms with Crippen LogP contribution >= 0.6 is 0 Å². The minimum absolute atomic E-state index is 0.185. The number of nitrogens with zero attached hydrogens (tertiary/aromatic N) is 3. The molecule has 0 aliphatic heterocycles. The van der Waals surface area contributed by atoms with E-state index >= 15 is 0 Å². The van der Waals surface area contributed by atoms with Gasteiger partial charge in [-0.2, -0.15) is 4.99 Å². The molecule has 0 aliphatic rings. The normalized spacial score (nSPS) is 12.3. The van der Waals surface area contributed by atoms with Crippen molar-refractivity contribution in [3.63, 3.8) is 0 Å². The van der Waals surface area contributed by atoms with Gasteiger partial charge in [-0.3, -0.25) is 14.4 Å². The van der Waals surface area contributed by atoms with Crippen LogP contribution in [0.1, 0.15) is 17.5 Å². The maximum Gasteiger partial charge on any atom is 0.288 e. The summed E-state index contributed by atoms with van der Waals surface area (Å²) in [4.78, 5) is 44.6. The quantitative estimate of drug-likeness (QED) is 0.435. The van der Waals surface area contributed by atoms with Gasteiger partial charge in [-0.1, -0.05) is 72.8 Å². The average molecular weight is 459 g/mol. The molecule has 0 spiro atoms. The SMILES string of the molecule is CN(C)C(=O)C(N)=NC(=O)C(Cc1ccccc1)N(C)C(=O)CCc1ccc2ccccc2c1. The fraction of sp³-hybridized carbons (Fsp3) is 0.259. The standard InChI is InChI=1S/C27H30N4O3/c1-30(2)27(34)25(28)29-26(33)23(18-19-9-5-4-6-10-19)31(3)24(32)16-14-20-13-15-21-11-7-8-12-22(21)17-20/h4-13,15,17,23H,14,16,18H2,1-3H3,(H2,28,29,33). The number of aliphatic imine (C=N–C) groups is 1. The molecule has 34 heavy (non-hydrogen) atoms. The average Bonchev–Trinajstić information content (AvgIpc) is 2.85. The van der Waals surface area contributed by atoms with Gasteiger partial charge in [0.1, 0.15) is 6.04 Å². The number of fused-ring (bicyclic) bond motifs is 1. The molecular weight excluding hydrogens is 428 g/mol. The molecule has 0 heterocycles. The van der Waals surface area contributed by atoms with Crippen LogP contribution in [0.4, 0.5) is 0 Å². The van der Waals surface area contributed by atoms with Gasteiger partial charge in [0.05, 0.1) is 0 Å². The Labute approximate surface area is 199 Å². The number of aryl methyl sites for hydroxylation is 1. The molecule has 0 fully saturated rings. The summed E-state index contributed by atoms with van der Waals surface area (Å²) in [6.07, 6.45) is 1.05. The summed E-state index contributed by atoms with van der Waals surface area (Å²) in [6, 6.07) is 22.7. The second kappa shape index (κ2) is 11.2. The molecule has 1 atom stereocenters. The van der Waals surface area contributed by atoms with E-state index < -0.39 is 23.7 Å². The zero-order valence-corrected chi connectivity index (χ0v) is 19.8. The molecule has 7 heteroatoms. The smallest absolute Gasteiger partial charge is 0.288 e. The summed E-state index contributed by atoms with van der Waals surface area (Å²) in [7, 11) is 4.64. The highest BCUT2D eigenvalue weighted by Crippen LogP contribution is 2.18. The van der Waals surface area contributed by atoms with Crippen molar-refractivity contribution in [1.82, 2.24) is 9.80 Å². The van der Waals surface area contributed by atoms with E-state index in [1.807, 2.05) is 66.7 Å². The number of likely N-dealkylation sites (N-methyl/N-ethyl adjacent to an activating group) is 2. The largest absolute Gasteiger partial charge is 0.379 e. The number of nitrogens with two attached hydrogens (primary N) is 1. The van der Waals surface area contributed by atoms with Crippen LogP contribution in [0.2, 0.25) is 0 Å². The van der Waals surface area contributed by atoms with E-state index in [9.17, 15) is 14.4 Å². The monoisotopic (exact) mass is 458 g/mol. The van der Waals surface area contributed by atoms with E-state index in [2.05, 4.69) is 11.1 Å². The minimum Gasteiger partial charge on any atom is -0.379 e. The molecule has 0 aromatic heterocycles. The van der Waals surface area contributed by atoms with Gasteiger partial charge in [0.25, 0.3) is 11.8 Å². The van der Waals surface area contributed by atoms with Crippen molar-refractivity contribution in [2.45, 2.75) is 25.3 Å². The minimum atomic E-state index is -0.875. The van der Waals surface area contributed by atoms with Crippen LogP contribution in [0.25, 0.3) is 10.8 Å². The van der Waals surface area contributed by atoms with Crippen LogP contribution in [0.5, 0.6) is 0 Å². The number of hydrogen-bond acceptors (Lipinski definition) is 3. The van der Waals surface area contributed by atoms with Crippen molar-refractivity contribution in [1.29, 1.82) is 0 Å². The van der Waals surface area contributed by atoms with Crippen molar-refractivity contribution < 1.29 is 14.4 Å². The summed E-state index contributed by atoms with van der Waals surface area (Å²) in [5, 5.41) is 2.26. The van der Waals surface area contributed by atoms with Crippen molar-refractivity contribution >= 4 is 34.3 Å². The van der Waals surface area contributed by atoms with E-state index in [4.69, 9.17) is 5.73 Å². The number of carbonyl (C=O) groups is 3. The van der Waals surface area contributed by atoms with Crippen LogP contribution < -0.4 is 5.73 Å². The first-order valence-electron chi connectivity index (χ1n) is 11.1. The number of carbonyl (C=O) groups excluding carboxylic acids is 3.